The van der Waals surface area contributed by atoms with Gasteiger partial charge in [0.25, 0.3) is 5.91 Å². The first-order valence-electron chi connectivity index (χ1n) is 9.05. The van der Waals surface area contributed by atoms with Crippen LogP contribution < -0.4 is 10.1 Å². The summed E-state index contributed by atoms with van der Waals surface area (Å²) in [6.07, 6.45) is 3.18. The molecule has 0 saturated carbocycles. The highest BCUT2D eigenvalue weighted by molar-refractivity contribution is 5.95. The molecule has 1 aliphatic heterocycles. The Morgan fingerprint density at radius 2 is 2.11 bits per heavy atom. The maximum absolute atomic E-state index is 14.4. The summed E-state index contributed by atoms with van der Waals surface area (Å²) in [5, 5.41) is 2.83. The maximum Gasteiger partial charge on any atom is 0.254 e. The Labute approximate surface area is 161 Å². The first-order chi connectivity index (χ1) is 13.4. The first-order valence-corrected chi connectivity index (χ1v) is 9.05. The first kappa shape index (κ1) is 18.2. The molecular formula is C21H20FN3O3. The van der Waals surface area contributed by atoms with Crippen molar-refractivity contribution in [1.82, 2.24) is 15.3 Å². The lowest BCUT2D eigenvalue weighted by Crippen LogP contribution is -2.34. The third kappa shape index (κ3) is 3.24. The number of amides is 1. The van der Waals surface area contributed by atoms with Crippen molar-refractivity contribution in [2.24, 2.45) is 0 Å². The van der Waals surface area contributed by atoms with Crippen molar-refractivity contribution in [2.45, 2.75) is 33.3 Å². The van der Waals surface area contributed by atoms with Gasteiger partial charge in [-0.15, -0.1) is 0 Å². The van der Waals surface area contributed by atoms with E-state index in [1.54, 1.807) is 25.3 Å². The van der Waals surface area contributed by atoms with E-state index in [4.69, 9.17) is 9.15 Å². The van der Waals surface area contributed by atoms with E-state index in [9.17, 15) is 9.18 Å². The van der Waals surface area contributed by atoms with Crippen LogP contribution in [0.5, 0.6) is 5.75 Å². The van der Waals surface area contributed by atoms with Crippen LogP contribution in [-0.2, 0) is 6.42 Å². The predicted molar refractivity (Wildman–Crippen MR) is 101 cm³/mol. The van der Waals surface area contributed by atoms with Gasteiger partial charge in [0.1, 0.15) is 23.4 Å². The highest BCUT2D eigenvalue weighted by Gasteiger charge is 2.30. The summed E-state index contributed by atoms with van der Waals surface area (Å²) in [6, 6.07) is 4.71. The maximum atomic E-state index is 14.4. The van der Waals surface area contributed by atoms with Crippen molar-refractivity contribution in [3.8, 4) is 17.0 Å². The number of aryl methyl sites for hydroxylation is 3. The van der Waals surface area contributed by atoms with Crippen molar-refractivity contribution in [3.05, 3.63) is 64.8 Å². The van der Waals surface area contributed by atoms with Gasteiger partial charge >= 0.3 is 0 Å². The summed E-state index contributed by atoms with van der Waals surface area (Å²) in [5.74, 6) is 0.458. The number of hydrogen-bond donors (Lipinski definition) is 1. The predicted octanol–water partition coefficient (Wildman–Crippen LogP) is 3.53. The number of aromatic nitrogens is 2. The van der Waals surface area contributed by atoms with Crippen LogP contribution in [0.3, 0.4) is 0 Å². The highest BCUT2D eigenvalue weighted by atomic mass is 19.1. The molecule has 3 aromatic rings. The quantitative estimate of drug-likeness (QED) is 0.748. The molecule has 4 rings (SSSR count). The number of furan rings is 1. The summed E-state index contributed by atoms with van der Waals surface area (Å²) in [7, 11) is 0. The number of ether oxygens (including phenoxy) is 1. The Bertz CT molecular complexity index is 1060. The molecule has 2 aromatic heterocycles. The molecule has 0 fully saturated rings. The van der Waals surface area contributed by atoms with Gasteiger partial charge in [-0.2, -0.15) is 0 Å². The van der Waals surface area contributed by atoms with Crippen molar-refractivity contribution >= 4 is 5.91 Å². The van der Waals surface area contributed by atoms with Crippen molar-refractivity contribution in [1.29, 1.82) is 0 Å². The van der Waals surface area contributed by atoms with Gasteiger partial charge in [-0.25, -0.2) is 9.37 Å². The number of hydrogen-bond acceptors (Lipinski definition) is 5. The molecule has 3 heterocycles. The third-order valence-electron chi connectivity index (χ3n) is 4.84. The van der Waals surface area contributed by atoms with Gasteiger partial charge in [-0.1, -0.05) is 0 Å². The summed E-state index contributed by atoms with van der Waals surface area (Å²) < 4.78 is 25.6. The van der Waals surface area contributed by atoms with E-state index >= 15 is 0 Å². The van der Waals surface area contributed by atoms with Crippen LogP contribution in [0.25, 0.3) is 11.3 Å². The molecule has 0 spiro atoms. The average Bonchev–Trinajstić information content (AvgIpc) is 3.29. The number of rotatable bonds is 4. The van der Waals surface area contributed by atoms with Gasteiger partial charge < -0.3 is 14.5 Å². The molecule has 1 unspecified atom stereocenters. The molecule has 6 nitrogen and oxygen atoms in total. The topological polar surface area (TPSA) is 77.2 Å². The van der Waals surface area contributed by atoms with Gasteiger partial charge in [-0.3, -0.25) is 9.78 Å². The second-order valence-electron chi connectivity index (χ2n) is 6.89. The minimum absolute atomic E-state index is 0.244. The summed E-state index contributed by atoms with van der Waals surface area (Å²) >= 11 is 0. The average molecular weight is 381 g/mol. The molecule has 1 aromatic carbocycles. The van der Waals surface area contributed by atoms with E-state index in [1.807, 2.05) is 13.8 Å². The summed E-state index contributed by atoms with van der Waals surface area (Å²) in [5.41, 5.74) is 3.89. The van der Waals surface area contributed by atoms with Gasteiger partial charge in [0.05, 0.1) is 35.5 Å². The number of nitrogens with one attached hydrogen (secondary N) is 1. The fourth-order valence-corrected chi connectivity index (χ4v) is 3.38. The number of carbonyl (C=O) groups excluding carboxylic acids is 1. The Hall–Kier alpha value is -3.22. The van der Waals surface area contributed by atoms with E-state index in [1.165, 1.54) is 12.3 Å². The minimum atomic E-state index is -0.361. The molecular weight excluding hydrogens is 361 g/mol. The molecule has 0 radical (unpaired) electrons. The zero-order valence-electron chi connectivity index (χ0n) is 15.9. The Morgan fingerprint density at radius 1 is 1.29 bits per heavy atom. The Kier molecular flexibility index (Phi) is 4.58. The summed E-state index contributed by atoms with van der Waals surface area (Å²) in [4.78, 5) is 21.2. The smallest absolute Gasteiger partial charge is 0.254 e. The van der Waals surface area contributed by atoms with E-state index in [0.29, 0.717) is 40.3 Å². The highest BCUT2D eigenvalue weighted by Crippen LogP contribution is 2.40. The largest absolute Gasteiger partial charge is 0.487 e. The second kappa shape index (κ2) is 7.07. The molecule has 0 saturated heterocycles. The van der Waals surface area contributed by atoms with E-state index in [-0.39, 0.29) is 24.4 Å². The number of halogens is 1. The van der Waals surface area contributed by atoms with Gasteiger partial charge in [-0.05, 0) is 39.0 Å². The SMILES string of the molecule is Cc1cnc(C)c(-c2ccc(F)c3c2OC(CNC(=O)c2ccoc2C)C3)n1. The molecule has 7 heteroatoms. The fraction of sp³-hybridized carbons (Fsp3) is 0.286. The molecule has 28 heavy (non-hydrogen) atoms. The lowest BCUT2D eigenvalue weighted by Gasteiger charge is -2.14. The van der Waals surface area contributed by atoms with Crippen molar-refractivity contribution < 1.29 is 18.3 Å². The van der Waals surface area contributed by atoms with E-state index < -0.39 is 0 Å². The van der Waals surface area contributed by atoms with Crippen molar-refractivity contribution in [2.75, 3.05) is 6.54 Å². The van der Waals surface area contributed by atoms with Gasteiger partial charge in [0, 0.05) is 23.7 Å². The van der Waals surface area contributed by atoms with Crippen LogP contribution in [0.1, 0.15) is 33.1 Å². The zero-order chi connectivity index (χ0) is 19.8. The van der Waals surface area contributed by atoms with Crippen LogP contribution in [0.2, 0.25) is 0 Å². The zero-order valence-corrected chi connectivity index (χ0v) is 15.9. The molecule has 0 bridgehead atoms. The molecule has 144 valence electrons. The van der Waals surface area contributed by atoms with Crippen LogP contribution in [0.4, 0.5) is 4.39 Å². The van der Waals surface area contributed by atoms with E-state index in [0.717, 1.165) is 11.4 Å². The fourth-order valence-electron chi connectivity index (χ4n) is 3.38. The van der Waals surface area contributed by atoms with Crippen LogP contribution >= 0.6 is 0 Å². The summed E-state index contributed by atoms with van der Waals surface area (Å²) in [6.45, 7) is 5.70. The Balaban J connectivity index is 1.56. The number of nitrogens with zero attached hydrogens (tertiary/aromatic N) is 2. The number of benzene rings is 1. The van der Waals surface area contributed by atoms with Crippen molar-refractivity contribution in [3.63, 3.8) is 0 Å². The number of carbonyl (C=O) groups is 1. The Morgan fingerprint density at radius 3 is 2.86 bits per heavy atom. The second-order valence-corrected chi connectivity index (χ2v) is 6.89. The lowest BCUT2D eigenvalue weighted by molar-refractivity contribution is 0.0932. The molecule has 1 atom stereocenters. The standard InChI is InChI=1S/C21H20FN3O3/c1-11-9-23-12(2)19(25-11)16-4-5-18(22)17-8-14(28-20(16)17)10-24-21(26)15-6-7-27-13(15)3/h4-7,9,14H,8,10H2,1-3H3,(H,24,26). The van der Waals surface area contributed by atoms with Gasteiger partial charge in [0.15, 0.2) is 0 Å². The lowest BCUT2D eigenvalue weighted by atomic mass is 10.0. The van der Waals surface area contributed by atoms with E-state index in [2.05, 4.69) is 15.3 Å². The molecule has 0 aliphatic carbocycles. The van der Waals surface area contributed by atoms with Crippen LogP contribution in [0, 0.1) is 26.6 Å². The van der Waals surface area contributed by atoms with Crippen LogP contribution in [0.15, 0.2) is 35.1 Å². The number of fused-ring (bicyclic) bond motifs is 1. The molecule has 1 N–H and O–H groups in total. The molecule has 1 aliphatic rings. The van der Waals surface area contributed by atoms with Crippen LogP contribution in [-0.4, -0.2) is 28.5 Å². The normalized spacial score (nSPS) is 15.2. The minimum Gasteiger partial charge on any atom is -0.487 e. The monoisotopic (exact) mass is 381 g/mol. The third-order valence-corrected chi connectivity index (χ3v) is 4.84. The molecule has 1 amide bonds. The van der Waals surface area contributed by atoms with Gasteiger partial charge in [0.2, 0.25) is 0 Å².